The summed E-state index contributed by atoms with van der Waals surface area (Å²) in [5, 5.41) is 9.06. The summed E-state index contributed by atoms with van der Waals surface area (Å²) in [4.78, 5) is 26.0. The van der Waals surface area contributed by atoms with Gasteiger partial charge in [-0.1, -0.05) is 5.16 Å². The van der Waals surface area contributed by atoms with Crippen molar-refractivity contribution in [2.45, 2.75) is 19.4 Å². The van der Waals surface area contributed by atoms with Crippen molar-refractivity contribution in [2.24, 2.45) is 0 Å². The normalized spacial score (nSPS) is 18.7. The highest BCUT2D eigenvalue weighted by Gasteiger charge is 2.32. The van der Waals surface area contributed by atoms with Crippen LogP contribution in [0.2, 0.25) is 0 Å². The fourth-order valence-corrected chi connectivity index (χ4v) is 3.02. The molecule has 1 aromatic heterocycles. The van der Waals surface area contributed by atoms with Crippen LogP contribution in [0.3, 0.4) is 0 Å². The zero-order valence-corrected chi connectivity index (χ0v) is 14.2. The summed E-state index contributed by atoms with van der Waals surface area (Å²) in [6.07, 6.45) is 0.222. The Hall–Kier alpha value is -3.23. The van der Waals surface area contributed by atoms with Gasteiger partial charge in [0.25, 0.3) is 0 Å². The molecule has 1 aromatic carbocycles. The van der Waals surface area contributed by atoms with Crippen molar-refractivity contribution in [1.29, 1.82) is 0 Å². The van der Waals surface area contributed by atoms with E-state index < -0.39 is 6.03 Å². The number of rotatable bonds is 3. The lowest BCUT2D eigenvalue weighted by molar-refractivity contribution is -0.117. The molecule has 0 radical (unpaired) electrons. The Kier molecular flexibility index (Phi) is 4.11. The van der Waals surface area contributed by atoms with E-state index in [2.05, 4.69) is 15.8 Å². The second-order valence-electron chi connectivity index (χ2n) is 6.15. The molecule has 0 saturated carbocycles. The van der Waals surface area contributed by atoms with E-state index in [1.54, 1.807) is 30.0 Å². The second kappa shape index (κ2) is 6.58. The molecule has 3 heterocycles. The van der Waals surface area contributed by atoms with Crippen LogP contribution in [0.15, 0.2) is 28.8 Å². The minimum absolute atomic E-state index is 0.0655. The molecule has 2 aliphatic rings. The molecule has 2 aliphatic heterocycles. The number of carbonyl (C=O) groups is 2. The number of amides is 3. The summed E-state index contributed by atoms with van der Waals surface area (Å²) >= 11 is 0. The number of anilines is 2. The van der Waals surface area contributed by atoms with Crippen LogP contribution in [0.25, 0.3) is 0 Å². The highest BCUT2D eigenvalue weighted by Crippen LogP contribution is 2.35. The van der Waals surface area contributed by atoms with Crippen LogP contribution in [-0.2, 0) is 4.79 Å². The van der Waals surface area contributed by atoms with Crippen LogP contribution in [0.1, 0.15) is 12.2 Å². The molecule has 26 heavy (non-hydrogen) atoms. The van der Waals surface area contributed by atoms with Crippen molar-refractivity contribution in [3.8, 4) is 11.5 Å². The molecule has 1 fully saturated rings. The van der Waals surface area contributed by atoms with E-state index in [-0.39, 0.29) is 18.4 Å². The van der Waals surface area contributed by atoms with E-state index in [9.17, 15) is 9.59 Å². The molecule has 3 amide bonds. The standard InChI is InChI=1S/C17H18N4O5/c1-10-6-15(20-26-10)19-17(23)18-11-7-16(22)21(9-11)12-2-3-13-14(8-12)25-5-4-24-13/h2-3,6,8,11H,4-5,7,9H2,1H3,(H2,18,19,20,23)/t11-/m1/s1. The smallest absolute Gasteiger partial charge is 0.320 e. The Morgan fingerprint density at radius 2 is 2.04 bits per heavy atom. The van der Waals surface area contributed by atoms with Gasteiger partial charge in [-0.15, -0.1) is 0 Å². The topological polar surface area (TPSA) is 106 Å². The first-order valence-electron chi connectivity index (χ1n) is 8.29. The third kappa shape index (κ3) is 3.28. The zero-order chi connectivity index (χ0) is 18.1. The van der Waals surface area contributed by atoms with E-state index in [0.29, 0.717) is 42.8 Å². The van der Waals surface area contributed by atoms with Crippen molar-refractivity contribution in [2.75, 3.05) is 30.0 Å². The zero-order valence-electron chi connectivity index (χ0n) is 14.2. The van der Waals surface area contributed by atoms with E-state index in [4.69, 9.17) is 14.0 Å². The molecule has 2 aromatic rings. The van der Waals surface area contributed by atoms with E-state index in [0.717, 1.165) is 5.69 Å². The molecular formula is C17H18N4O5. The van der Waals surface area contributed by atoms with Crippen LogP contribution in [0.4, 0.5) is 16.3 Å². The monoisotopic (exact) mass is 358 g/mol. The van der Waals surface area contributed by atoms with Gasteiger partial charge >= 0.3 is 6.03 Å². The first-order chi connectivity index (χ1) is 12.6. The Labute approximate surface area is 149 Å². The summed E-state index contributed by atoms with van der Waals surface area (Å²) in [7, 11) is 0. The van der Waals surface area contributed by atoms with E-state index in [1.165, 1.54) is 0 Å². The Morgan fingerprint density at radius 3 is 2.81 bits per heavy atom. The van der Waals surface area contributed by atoms with Gasteiger partial charge in [0.1, 0.15) is 19.0 Å². The number of aromatic nitrogens is 1. The maximum absolute atomic E-state index is 12.4. The molecule has 9 nitrogen and oxygen atoms in total. The minimum Gasteiger partial charge on any atom is -0.486 e. The Morgan fingerprint density at radius 1 is 1.23 bits per heavy atom. The van der Waals surface area contributed by atoms with Gasteiger partial charge in [0, 0.05) is 30.8 Å². The van der Waals surface area contributed by atoms with Gasteiger partial charge in [0.15, 0.2) is 17.3 Å². The van der Waals surface area contributed by atoms with E-state index >= 15 is 0 Å². The number of carbonyl (C=O) groups excluding carboxylic acids is 2. The summed E-state index contributed by atoms with van der Waals surface area (Å²) < 4.78 is 15.9. The second-order valence-corrected chi connectivity index (χ2v) is 6.15. The van der Waals surface area contributed by atoms with Gasteiger partial charge < -0.3 is 24.2 Å². The lowest BCUT2D eigenvalue weighted by Crippen LogP contribution is -2.39. The summed E-state index contributed by atoms with van der Waals surface area (Å²) in [5.74, 6) is 2.15. The highest BCUT2D eigenvalue weighted by atomic mass is 16.6. The third-order valence-corrected chi connectivity index (χ3v) is 4.17. The van der Waals surface area contributed by atoms with E-state index in [1.807, 2.05) is 6.07 Å². The lowest BCUT2D eigenvalue weighted by atomic mass is 10.2. The molecule has 2 N–H and O–H groups in total. The van der Waals surface area contributed by atoms with Crippen molar-refractivity contribution in [3.63, 3.8) is 0 Å². The predicted molar refractivity (Wildman–Crippen MR) is 91.6 cm³/mol. The van der Waals surface area contributed by atoms with Crippen LogP contribution in [-0.4, -0.2) is 42.9 Å². The molecule has 0 bridgehead atoms. The number of fused-ring (bicyclic) bond motifs is 1. The number of aryl methyl sites for hydroxylation is 1. The highest BCUT2D eigenvalue weighted by molar-refractivity contribution is 5.97. The maximum Gasteiger partial charge on any atom is 0.320 e. The number of nitrogens with zero attached hydrogens (tertiary/aromatic N) is 2. The molecule has 4 rings (SSSR count). The average molecular weight is 358 g/mol. The summed E-state index contributed by atoms with van der Waals surface area (Å²) in [5.41, 5.74) is 0.719. The number of benzene rings is 1. The first-order valence-corrected chi connectivity index (χ1v) is 8.29. The molecule has 0 aliphatic carbocycles. The molecule has 0 spiro atoms. The fourth-order valence-electron chi connectivity index (χ4n) is 3.02. The SMILES string of the molecule is Cc1cc(NC(=O)N[C@@H]2CC(=O)N(c3ccc4c(c3)OCCO4)C2)no1. The van der Waals surface area contributed by atoms with Gasteiger partial charge in [-0.25, -0.2) is 4.79 Å². The minimum atomic E-state index is -0.430. The summed E-state index contributed by atoms with van der Waals surface area (Å²) in [6, 6.07) is 6.26. The Balaban J connectivity index is 1.39. The first kappa shape index (κ1) is 16.2. The van der Waals surface area contributed by atoms with Crippen molar-refractivity contribution in [3.05, 3.63) is 30.0 Å². The molecule has 1 saturated heterocycles. The van der Waals surface area contributed by atoms with Gasteiger partial charge in [0.2, 0.25) is 5.91 Å². The summed E-state index contributed by atoms with van der Waals surface area (Å²) in [6.45, 7) is 3.11. The molecule has 0 unspecified atom stereocenters. The Bertz CT molecular complexity index is 849. The third-order valence-electron chi connectivity index (χ3n) is 4.17. The van der Waals surface area contributed by atoms with Gasteiger partial charge in [-0.3, -0.25) is 10.1 Å². The van der Waals surface area contributed by atoms with Crippen molar-refractivity contribution >= 4 is 23.4 Å². The van der Waals surface area contributed by atoms with Crippen LogP contribution in [0, 0.1) is 6.92 Å². The van der Waals surface area contributed by atoms with Gasteiger partial charge in [-0.05, 0) is 19.1 Å². The molecule has 1 atom stereocenters. The maximum atomic E-state index is 12.4. The fraction of sp³-hybridized carbons (Fsp3) is 0.353. The number of urea groups is 1. The van der Waals surface area contributed by atoms with Crippen LogP contribution >= 0.6 is 0 Å². The largest absolute Gasteiger partial charge is 0.486 e. The predicted octanol–water partition coefficient (Wildman–Crippen LogP) is 1.68. The molecule has 9 heteroatoms. The lowest BCUT2D eigenvalue weighted by Gasteiger charge is -2.22. The quantitative estimate of drug-likeness (QED) is 0.865. The van der Waals surface area contributed by atoms with Crippen molar-refractivity contribution < 1.29 is 23.6 Å². The van der Waals surface area contributed by atoms with Crippen LogP contribution in [0.5, 0.6) is 11.5 Å². The molecular weight excluding hydrogens is 340 g/mol. The van der Waals surface area contributed by atoms with Gasteiger partial charge in [0.05, 0.1) is 6.04 Å². The molecule has 136 valence electrons. The number of hydrogen-bond donors (Lipinski definition) is 2. The van der Waals surface area contributed by atoms with Crippen molar-refractivity contribution in [1.82, 2.24) is 10.5 Å². The van der Waals surface area contributed by atoms with Gasteiger partial charge in [-0.2, -0.15) is 0 Å². The number of ether oxygens (including phenoxy) is 2. The average Bonchev–Trinajstić information content (AvgIpc) is 3.19. The number of nitrogens with one attached hydrogen (secondary N) is 2. The number of hydrogen-bond acceptors (Lipinski definition) is 6. The van der Waals surface area contributed by atoms with Crippen LogP contribution < -0.4 is 25.0 Å².